The van der Waals surface area contributed by atoms with Crippen LogP contribution in [0.15, 0.2) is 6.07 Å². The molecule has 1 heterocycles. The van der Waals surface area contributed by atoms with Crippen molar-refractivity contribution in [2.75, 3.05) is 5.73 Å². The van der Waals surface area contributed by atoms with Gasteiger partial charge in [0.1, 0.15) is 5.82 Å². The summed E-state index contributed by atoms with van der Waals surface area (Å²) in [5.74, 6) is -1.65. The summed E-state index contributed by atoms with van der Waals surface area (Å²) in [6, 6.07) is 0.491. The minimum atomic E-state index is -2.94. The molecule has 6 heteroatoms. The lowest BCUT2D eigenvalue weighted by Gasteiger charge is -2.05. The van der Waals surface area contributed by atoms with Gasteiger partial charge < -0.3 is 5.73 Å². The highest BCUT2D eigenvalue weighted by Crippen LogP contribution is 2.24. The Kier molecular flexibility index (Phi) is 2.50. The van der Waals surface area contributed by atoms with Crippen LogP contribution in [0.3, 0.4) is 0 Å². The van der Waals surface area contributed by atoms with E-state index in [4.69, 9.17) is 5.73 Å². The largest absolute Gasteiger partial charge is 0.383 e. The van der Waals surface area contributed by atoms with Gasteiger partial charge in [-0.05, 0) is 0 Å². The monoisotopic (exact) mass is 190 g/mol. The van der Waals surface area contributed by atoms with Gasteiger partial charge in [-0.1, -0.05) is 0 Å². The molecule has 13 heavy (non-hydrogen) atoms. The van der Waals surface area contributed by atoms with Gasteiger partial charge in [-0.3, -0.25) is 4.79 Å². The lowest BCUT2D eigenvalue weighted by Crippen LogP contribution is -2.04. The zero-order valence-corrected chi connectivity index (χ0v) is 6.30. The number of hydrogen-bond donors (Lipinski definition) is 1. The predicted molar refractivity (Wildman–Crippen MR) is 39.0 cm³/mol. The molecule has 0 spiro atoms. The zero-order valence-electron chi connectivity index (χ0n) is 6.30. The van der Waals surface area contributed by atoms with E-state index in [0.29, 0.717) is 6.07 Å². The minimum Gasteiger partial charge on any atom is -0.383 e. The Labute approximate surface area is 71.4 Å². The summed E-state index contributed by atoms with van der Waals surface area (Å²) < 4.78 is 36.8. The van der Waals surface area contributed by atoms with Gasteiger partial charge >= 0.3 is 0 Å². The molecule has 0 saturated carbocycles. The second-order valence-electron chi connectivity index (χ2n) is 2.25. The minimum absolute atomic E-state index is 0.128. The summed E-state index contributed by atoms with van der Waals surface area (Å²) in [7, 11) is 0. The molecule has 0 radical (unpaired) electrons. The quantitative estimate of drug-likeness (QED) is 0.568. The first-order chi connectivity index (χ1) is 6.06. The summed E-state index contributed by atoms with van der Waals surface area (Å²) in [4.78, 5) is 13.3. The van der Waals surface area contributed by atoms with Crippen molar-refractivity contribution in [2.24, 2.45) is 0 Å². The molecule has 0 aliphatic carbocycles. The highest BCUT2D eigenvalue weighted by atomic mass is 19.3. The molecule has 0 bridgehead atoms. The van der Waals surface area contributed by atoms with Crippen molar-refractivity contribution in [2.45, 2.75) is 6.43 Å². The smallest absolute Gasteiger partial charge is 0.264 e. The Balaban J connectivity index is 3.38. The Morgan fingerprint density at radius 1 is 1.54 bits per heavy atom. The third-order valence-corrected chi connectivity index (χ3v) is 1.44. The van der Waals surface area contributed by atoms with Crippen LogP contribution in [0.1, 0.15) is 22.3 Å². The van der Waals surface area contributed by atoms with E-state index in [1.807, 2.05) is 0 Å². The van der Waals surface area contributed by atoms with Crippen LogP contribution < -0.4 is 5.73 Å². The van der Waals surface area contributed by atoms with E-state index in [1.54, 1.807) is 0 Å². The molecule has 1 aromatic heterocycles. The molecule has 3 nitrogen and oxygen atoms in total. The Morgan fingerprint density at radius 3 is 2.62 bits per heavy atom. The molecule has 0 saturated heterocycles. The van der Waals surface area contributed by atoms with Gasteiger partial charge in [-0.2, -0.15) is 4.39 Å². The van der Waals surface area contributed by atoms with Crippen LogP contribution in [-0.4, -0.2) is 11.3 Å². The van der Waals surface area contributed by atoms with Crippen molar-refractivity contribution in [3.05, 3.63) is 23.1 Å². The second kappa shape index (κ2) is 3.42. The van der Waals surface area contributed by atoms with Gasteiger partial charge in [0.05, 0.1) is 5.56 Å². The number of nitrogen functional groups attached to an aromatic ring is 1. The number of pyridine rings is 1. The van der Waals surface area contributed by atoms with Crippen LogP contribution in [0.2, 0.25) is 0 Å². The van der Waals surface area contributed by atoms with Crippen LogP contribution >= 0.6 is 0 Å². The van der Waals surface area contributed by atoms with Crippen molar-refractivity contribution in [3.63, 3.8) is 0 Å². The number of nitrogens with two attached hydrogens (primary N) is 1. The molecule has 2 N–H and O–H groups in total. The molecular formula is C7H5F3N2O. The van der Waals surface area contributed by atoms with Crippen LogP contribution in [0.5, 0.6) is 0 Å². The van der Waals surface area contributed by atoms with E-state index in [9.17, 15) is 18.0 Å². The van der Waals surface area contributed by atoms with Gasteiger partial charge in [0, 0.05) is 11.6 Å². The van der Waals surface area contributed by atoms with E-state index >= 15 is 0 Å². The van der Waals surface area contributed by atoms with Crippen LogP contribution in [0.25, 0.3) is 0 Å². The third-order valence-electron chi connectivity index (χ3n) is 1.44. The zero-order chi connectivity index (χ0) is 10.0. The number of alkyl halides is 2. The van der Waals surface area contributed by atoms with Crippen LogP contribution in [0.4, 0.5) is 19.0 Å². The fourth-order valence-corrected chi connectivity index (χ4v) is 0.870. The van der Waals surface area contributed by atoms with Gasteiger partial charge in [-0.15, -0.1) is 0 Å². The molecule has 1 aromatic rings. The lowest BCUT2D eigenvalue weighted by molar-refractivity contribution is 0.110. The number of hydrogen-bond acceptors (Lipinski definition) is 3. The molecule has 1 rings (SSSR count). The van der Waals surface area contributed by atoms with E-state index in [0.717, 1.165) is 0 Å². The van der Waals surface area contributed by atoms with E-state index in [1.165, 1.54) is 0 Å². The van der Waals surface area contributed by atoms with Crippen LogP contribution in [-0.2, 0) is 0 Å². The molecule has 70 valence electrons. The highest BCUT2D eigenvalue weighted by molar-refractivity contribution is 5.83. The van der Waals surface area contributed by atoms with Gasteiger partial charge in [0.15, 0.2) is 6.29 Å². The van der Waals surface area contributed by atoms with E-state index in [2.05, 4.69) is 4.98 Å². The number of halogens is 3. The predicted octanol–water partition coefficient (Wildman–Crippen LogP) is 1.55. The third kappa shape index (κ3) is 1.77. The van der Waals surface area contributed by atoms with Crippen molar-refractivity contribution in [1.82, 2.24) is 4.98 Å². The second-order valence-corrected chi connectivity index (χ2v) is 2.25. The Hall–Kier alpha value is -1.59. The summed E-state index contributed by atoms with van der Waals surface area (Å²) in [6.07, 6.45) is -2.82. The van der Waals surface area contributed by atoms with Gasteiger partial charge in [0.25, 0.3) is 6.43 Å². The molecule has 0 amide bonds. The Bertz CT molecular complexity index is 341. The molecule has 0 unspecified atom stereocenters. The maximum absolute atomic E-state index is 12.5. The number of aromatic nitrogens is 1. The molecule has 0 aliphatic rings. The summed E-state index contributed by atoms with van der Waals surface area (Å²) in [5, 5.41) is 0. The SMILES string of the molecule is Nc1nc(F)cc(C(F)F)c1C=O. The van der Waals surface area contributed by atoms with Crippen LogP contribution in [0, 0.1) is 5.95 Å². The average molecular weight is 190 g/mol. The fourth-order valence-electron chi connectivity index (χ4n) is 0.870. The van der Waals surface area contributed by atoms with Crippen molar-refractivity contribution < 1.29 is 18.0 Å². The number of aldehydes is 1. The molecule has 0 atom stereocenters. The van der Waals surface area contributed by atoms with Crippen molar-refractivity contribution in [3.8, 4) is 0 Å². The Morgan fingerprint density at radius 2 is 2.15 bits per heavy atom. The average Bonchev–Trinajstić information content (AvgIpc) is 2.02. The van der Waals surface area contributed by atoms with Gasteiger partial charge in [0.2, 0.25) is 5.95 Å². The number of carbonyl (C=O) groups excluding carboxylic acids is 1. The first-order valence-corrected chi connectivity index (χ1v) is 3.25. The normalized spacial score (nSPS) is 10.5. The standard InChI is InChI=1S/C7H5F3N2O/c8-5-1-3(6(9)10)4(2-13)7(11)12-5/h1-2,6H,(H2,11,12). The summed E-state index contributed by atoms with van der Waals surface area (Å²) in [6.45, 7) is 0. The molecule has 0 fully saturated rings. The number of anilines is 1. The molecular weight excluding hydrogens is 185 g/mol. The molecule has 0 aromatic carbocycles. The highest BCUT2D eigenvalue weighted by Gasteiger charge is 2.17. The van der Waals surface area contributed by atoms with Crippen molar-refractivity contribution in [1.29, 1.82) is 0 Å². The maximum atomic E-state index is 12.5. The maximum Gasteiger partial charge on any atom is 0.264 e. The summed E-state index contributed by atoms with van der Waals surface area (Å²) >= 11 is 0. The summed E-state index contributed by atoms with van der Waals surface area (Å²) in [5.41, 5.74) is 3.86. The van der Waals surface area contributed by atoms with E-state index < -0.39 is 29.3 Å². The molecule has 0 aliphatic heterocycles. The lowest BCUT2D eigenvalue weighted by atomic mass is 10.1. The van der Waals surface area contributed by atoms with Crippen molar-refractivity contribution >= 4 is 12.1 Å². The first kappa shape index (κ1) is 9.50. The first-order valence-electron chi connectivity index (χ1n) is 3.25. The van der Waals surface area contributed by atoms with Gasteiger partial charge in [-0.25, -0.2) is 13.8 Å². The fraction of sp³-hybridized carbons (Fsp3) is 0.143. The van der Waals surface area contributed by atoms with E-state index in [-0.39, 0.29) is 6.29 Å². The number of carbonyl (C=O) groups is 1. The number of rotatable bonds is 2. The topological polar surface area (TPSA) is 56.0 Å². The number of nitrogens with zero attached hydrogens (tertiary/aromatic N) is 1.